The molecule has 152 valence electrons. The number of hydrogen-bond acceptors (Lipinski definition) is 6. The van der Waals surface area contributed by atoms with Crippen molar-refractivity contribution < 1.29 is 32.4 Å². The minimum atomic E-state index is -4.65. The summed E-state index contributed by atoms with van der Waals surface area (Å²) in [5.41, 5.74) is -1.33. The standard InChI is InChI=1S/C16H10ClF3N4O5/c17-9-2-1-8(16(18,19)20)5-10(9)21-13(25)6-23-14(26)7-29-11-3-4-12(24(27)28)22-15(11)23/h1-5H,6-7H2,(H,21,25). The number of aromatic nitrogens is 1. The molecule has 0 unspecified atom stereocenters. The number of anilines is 2. The molecule has 1 N–H and O–H groups in total. The Labute approximate surface area is 165 Å². The molecule has 0 atom stereocenters. The molecule has 1 aromatic carbocycles. The molecule has 2 aromatic rings. The molecular formula is C16H10ClF3N4O5. The van der Waals surface area contributed by atoms with Crippen molar-refractivity contribution in [2.24, 2.45) is 0 Å². The zero-order valence-electron chi connectivity index (χ0n) is 14.2. The second kappa shape index (κ2) is 7.54. The number of halogens is 4. The normalized spacial score (nSPS) is 13.5. The van der Waals surface area contributed by atoms with Gasteiger partial charge in [-0.15, -0.1) is 0 Å². The van der Waals surface area contributed by atoms with Crippen molar-refractivity contribution >= 4 is 40.7 Å². The zero-order valence-corrected chi connectivity index (χ0v) is 15.0. The van der Waals surface area contributed by atoms with Gasteiger partial charge in [-0.1, -0.05) is 11.6 Å². The van der Waals surface area contributed by atoms with Crippen LogP contribution < -0.4 is 15.0 Å². The average molecular weight is 431 g/mol. The lowest BCUT2D eigenvalue weighted by atomic mass is 10.2. The summed E-state index contributed by atoms with van der Waals surface area (Å²) in [6, 6.07) is 4.66. The van der Waals surface area contributed by atoms with Gasteiger partial charge in [-0.2, -0.15) is 13.2 Å². The number of nitrogens with one attached hydrogen (secondary N) is 1. The molecule has 0 radical (unpaired) electrons. The Balaban J connectivity index is 1.84. The summed E-state index contributed by atoms with van der Waals surface area (Å²) in [6.45, 7) is -1.11. The van der Waals surface area contributed by atoms with E-state index in [0.717, 1.165) is 23.1 Å². The molecule has 0 saturated heterocycles. The Morgan fingerprint density at radius 1 is 1.34 bits per heavy atom. The summed E-state index contributed by atoms with van der Waals surface area (Å²) in [6.07, 6.45) is -4.65. The van der Waals surface area contributed by atoms with E-state index in [1.54, 1.807) is 0 Å². The first-order valence-corrected chi connectivity index (χ1v) is 8.19. The van der Waals surface area contributed by atoms with Crippen molar-refractivity contribution in [2.45, 2.75) is 6.18 Å². The number of benzene rings is 1. The first kappa shape index (κ1) is 20.3. The highest BCUT2D eigenvalue weighted by Gasteiger charge is 2.34. The number of carbonyl (C=O) groups is 2. The molecule has 3 rings (SSSR count). The van der Waals surface area contributed by atoms with Crippen LogP contribution in [-0.2, 0) is 15.8 Å². The Bertz CT molecular complexity index is 1010. The number of ether oxygens (including phenoxy) is 1. The van der Waals surface area contributed by atoms with Crippen molar-refractivity contribution in [3.63, 3.8) is 0 Å². The van der Waals surface area contributed by atoms with Crippen LogP contribution in [0.2, 0.25) is 5.02 Å². The van der Waals surface area contributed by atoms with Crippen LogP contribution >= 0.6 is 11.6 Å². The molecule has 1 aromatic heterocycles. The van der Waals surface area contributed by atoms with E-state index in [1.807, 2.05) is 0 Å². The molecular weight excluding hydrogens is 421 g/mol. The van der Waals surface area contributed by atoms with Gasteiger partial charge in [0.15, 0.2) is 12.4 Å². The van der Waals surface area contributed by atoms with Crippen LogP contribution in [0.4, 0.5) is 30.5 Å². The van der Waals surface area contributed by atoms with Gasteiger partial charge in [0, 0.05) is 6.07 Å². The molecule has 2 heterocycles. The number of rotatable bonds is 4. The number of fused-ring (bicyclic) bond motifs is 1. The Hall–Kier alpha value is -3.41. The van der Waals surface area contributed by atoms with Gasteiger partial charge in [-0.25, -0.2) is 0 Å². The predicted octanol–water partition coefficient (Wildman–Crippen LogP) is 3.03. The molecule has 29 heavy (non-hydrogen) atoms. The third-order valence-electron chi connectivity index (χ3n) is 3.79. The van der Waals surface area contributed by atoms with E-state index in [2.05, 4.69) is 10.3 Å². The quantitative estimate of drug-likeness (QED) is 0.589. The van der Waals surface area contributed by atoms with Crippen molar-refractivity contribution in [2.75, 3.05) is 23.4 Å². The topological polar surface area (TPSA) is 115 Å². The maximum atomic E-state index is 12.8. The second-order valence-electron chi connectivity index (χ2n) is 5.76. The number of nitrogens with zero attached hydrogens (tertiary/aromatic N) is 3. The fraction of sp³-hybridized carbons (Fsp3) is 0.188. The van der Waals surface area contributed by atoms with Gasteiger partial charge in [0.25, 0.3) is 11.7 Å². The monoisotopic (exact) mass is 430 g/mol. The molecule has 0 spiro atoms. The van der Waals surface area contributed by atoms with E-state index in [0.29, 0.717) is 6.07 Å². The van der Waals surface area contributed by atoms with Crippen molar-refractivity contribution in [1.29, 1.82) is 0 Å². The fourth-order valence-corrected chi connectivity index (χ4v) is 2.63. The molecule has 9 nitrogen and oxygen atoms in total. The van der Waals surface area contributed by atoms with Gasteiger partial charge in [0.05, 0.1) is 16.3 Å². The van der Waals surface area contributed by atoms with Crippen molar-refractivity contribution in [3.05, 3.63) is 51.0 Å². The number of carbonyl (C=O) groups excluding carboxylic acids is 2. The van der Waals surface area contributed by atoms with Gasteiger partial charge in [-0.3, -0.25) is 14.5 Å². The molecule has 0 bridgehead atoms. The number of hydrogen-bond donors (Lipinski definition) is 1. The number of amides is 2. The van der Waals surface area contributed by atoms with Crippen LogP contribution in [-0.4, -0.2) is 34.9 Å². The summed E-state index contributed by atoms with van der Waals surface area (Å²) >= 11 is 5.83. The van der Waals surface area contributed by atoms with Gasteiger partial charge >= 0.3 is 12.0 Å². The summed E-state index contributed by atoms with van der Waals surface area (Å²) in [5.74, 6) is -2.38. The van der Waals surface area contributed by atoms with E-state index < -0.39 is 47.4 Å². The summed E-state index contributed by atoms with van der Waals surface area (Å²) in [7, 11) is 0. The Kier molecular flexibility index (Phi) is 5.29. The zero-order chi connectivity index (χ0) is 21.3. The maximum absolute atomic E-state index is 12.8. The smallest absolute Gasteiger partial charge is 0.416 e. The lowest BCUT2D eigenvalue weighted by Gasteiger charge is -2.24. The van der Waals surface area contributed by atoms with Crippen molar-refractivity contribution in [3.8, 4) is 5.75 Å². The van der Waals surface area contributed by atoms with E-state index in [1.165, 1.54) is 6.07 Å². The van der Waals surface area contributed by atoms with E-state index in [-0.39, 0.29) is 22.3 Å². The van der Waals surface area contributed by atoms with Crippen LogP contribution in [0.1, 0.15) is 5.56 Å². The van der Waals surface area contributed by atoms with E-state index >= 15 is 0 Å². The molecule has 0 saturated carbocycles. The van der Waals surface area contributed by atoms with Gasteiger partial charge in [0.2, 0.25) is 5.91 Å². The predicted molar refractivity (Wildman–Crippen MR) is 93.8 cm³/mol. The average Bonchev–Trinajstić information content (AvgIpc) is 2.64. The van der Waals surface area contributed by atoms with Crippen LogP contribution in [0, 0.1) is 10.1 Å². The lowest BCUT2D eigenvalue weighted by molar-refractivity contribution is -0.389. The maximum Gasteiger partial charge on any atom is 0.416 e. The third kappa shape index (κ3) is 4.37. The Morgan fingerprint density at radius 2 is 2.07 bits per heavy atom. The minimum absolute atomic E-state index is 0.0418. The highest BCUT2D eigenvalue weighted by atomic mass is 35.5. The number of alkyl halides is 3. The highest BCUT2D eigenvalue weighted by molar-refractivity contribution is 6.33. The SMILES string of the molecule is O=C(CN1C(=O)COc2ccc([N+](=O)[O-])nc21)Nc1cc(C(F)(F)F)ccc1Cl. The lowest BCUT2D eigenvalue weighted by Crippen LogP contribution is -2.44. The van der Waals surface area contributed by atoms with Crippen LogP contribution in [0.3, 0.4) is 0 Å². The minimum Gasteiger partial charge on any atom is -0.477 e. The summed E-state index contributed by atoms with van der Waals surface area (Å²) < 4.78 is 43.6. The largest absolute Gasteiger partial charge is 0.477 e. The third-order valence-corrected chi connectivity index (χ3v) is 4.12. The van der Waals surface area contributed by atoms with Gasteiger partial charge in [0.1, 0.15) is 6.54 Å². The van der Waals surface area contributed by atoms with Gasteiger partial charge < -0.3 is 20.2 Å². The fourth-order valence-electron chi connectivity index (χ4n) is 2.46. The highest BCUT2D eigenvalue weighted by Crippen LogP contribution is 2.34. The van der Waals surface area contributed by atoms with Crippen LogP contribution in [0.25, 0.3) is 0 Å². The molecule has 13 heteroatoms. The first-order chi connectivity index (χ1) is 13.6. The summed E-state index contributed by atoms with van der Waals surface area (Å²) in [4.78, 5) is 39.1. The number of nitro groups is 1. The number of pyridine rings is 1. The van der Waals surface area contributed by atoms with E-state index in [9.17, 15) is 32.9 Å². The van der Waals surface area contributed by atoms with Crippen LogP contribution in [0.5, 0.6) is 5.75 Å². The van der Waals surface area contributed by atoms with E-state index in [4.69, 9.17) is 16.3 Å². The molecule has 0 aliphatic carbocycles. The molecule has 0 fully saturated rings. The first-order valence-electron chi connectivity index (χ1n) is 7.81. The molecule has 2 amide bonds. The summed E-state index contributed by atoms with van der Waals surface area (Å²) in [5, 5.41) is 12.9. The van der Waals surface area contributed by atoms with Gasteiger partial charge in [-0.05, 0) is 34.2 Å². The van der Waals surface area contributed by atoms with Crippen molar-refractivity contribution in [1.82, 2.24) is 4.98 Å². The molecule has 1 aliphatic heterocycles. The van der Waals surface area contributed by atoms with Crippen LogP contribution in [0.15, 0.2) is 30.3 Å². The Morgan fingerprint density at radius 3 is 2.72 bits per heavy atom. The second-order valence-corrected chi connectivity index (χ2v) is 6.16. The molecule has 1 aliphatic rings.